The first kappa shape index (κ1) is 20.8. The Hall–Kier alpha value is -2.91. The third kappa shape index (κ3) is 3.70. The number of rotatable bonds is 6. The van der Waals surface area contributed by atoms with E-state index in [1.54, 1.807) is 25.9 Å². The molecule has 1 N–H and O–H groups in total. The molecule has 2 aromatic heterocycles. The molecule has 3 aromatic rings. The Morgan fingerprint density at radius 3 is 2.52 bits per heavy atom. The topological polar surface area (TPSA) is 66.8 Å². The van der Waals surface area contributed by atoms with Crippen LogP contribution in [0.3, 0.4) is 0 Å². The molecule has 0 aliphatic carbocycles. The van der Waals surface area contributed by atoms with E-state index in [0.717, 1.165) is 12.1 Å². The van der Waals surface area contributed by atoms with E-state index in [2.05, 4.69) is 15.1 Å². The van der Waals surface area contributed by atoms with E-state index < -0.39 is 35.6 Å². The minimum Gasteiger partial charge on any atom is -0.348 e. The summed E-state index contributed by atoms with van der Waals surface area (Å²) in [4.78, 5) is 20.9. The Morgan fingerprint density at radius 2 is 2.00 bits per heavy atom. The van der Waals surface area contributed by atoms with Gasteiger partial charge in [-0.1, -0.05) is 19.1 Å². The Morgan fingerprint density at radius 1 is 1.31 bits per heavy atom. The summed E-state index contributed by atoms with van der Waals surface area (Å²) in [7, 11) is 3.34. The lowest BCUT2D eigenvalue weighted by Crippen LogP contribution is -2.20. The van der Waals surface area contributed by atoms with Gasteiger partial charge in [0.1, 0.15) is 23.6 Å². The number of nitrogens with zero attached hydrogens (tertiary/aromatic N) is 4. The van der Waals surface area contributed by atoms with Crippen LogP contribution in [-0.2, 0) is 12.6 Å². The van der Waals surface area contributed by atoms with Crippen LogP contribution in [0.1, 0.15) is 43.1 Å². The average Bonchev–Trinajstić information content (AvgIpc) is 3.02. The lowest BCUT2D eigenvalue weighted by atomic mass is 10.00. The van der Waals surface area contributed by atoms with Gasteiger partial charge in [-0.15, -0.1) is 0 Å². The molecule has 0 amide bonds. The predicted molar refractivity (Wildman–Crippen MR) is 102 cm³/mol. The van der Waals surface area contributed by atoms with Crippen LogP contribution in [0, 0.1) is 5.82 Å². The average molecular weight is 411 g/mol. The van der Waals surface area contributed by atoms with Gasteiger partial charge < -0.3 is 4.90 Å². The number of benzene rings is 1. The van der Waals surface area contributed by atoms with Crippen molar-refractivity contribution in [2.45, 2.75) is 38.9 Å². The van der Waals surface area contributed by atoms with Gasteiger partial charge in [0, 0.05) is 32.1 Å². The summed E-state index contributed by atoms with van der Waals surface area (Å²) >= 11 is 0. The molecule has 3 rings (SSSR count). The van der Waals surface area contributed by atoms with E-state index >= 15 is 0 Å². The molecule has 1 aromatic carbocycles. The number of hydrogen-bond acceptors (Lipinski definition) is 4. The van der Waals surface area contributed by atoms with Crippen molar-refractivity contribution >= 4 is 17.0 Å². The smallest absolute Gasteiger partial charge is 0.270 e. The third-order valence-corrected chi connectivity index (χ3v) is 4.72. The van der Waals surface area contributed by atoms with Crippen molar-refractivity contribution in [2.24, 2.45) is 0 Å². The number of aromatic nitrogens is 4. The molecule has 0 saturated carbocycles. The van der Waals surface area contributed by atoms with E-state index in [-0.39, 0.29) is 28.2 Å². The molecular formula is C19H21F4N5O. The second-order valence-electron chi connectivity index (χ2n) is 7.06. The van der Waals surface area contributed by atoms with Gasteiger partial charge in [0.05, 0.1) is 6.04 Å². The van der Waals surface area contributed by atoms with Crippen molar-refractivity contribution < 1.29 is 17.6 Å². The zero-order valence-corrected chi connectivity index (χ0v) is 16.4. The van der Waals surface area contributed by atoms with Gasteiger partial charge in [0.2, 0.25) is 5.95 Å². The van der Waals surface area contributed by atoms with Crippen LogP contribution in [0.5, 0.6) is 0 Å². The number of aromatic amines is 1. The zero-order chi connectivity index (χ0) is 21.5. The highest BCUT2D eigenvalue weighted by molar-refractivity contribution is 5.78. The number of nitrogens with one attached hydrogen (secondary N) is 1. The molecular weight excluding hydrogens is 390 g/mol. The summed E-state index contributed by atoms with van der Waals surface area (Å²) in [6, 6.07) is 2.43. The standard InChI is InChI=1S/C19H21F4N5O/c1-5-14(11-7-6-10(8-12(11)21)19(2,22)23)28-16-15(13(9-20)26-28)17(29)25-18(24-16)27(3)4/h6-8,14H,5,9H2,1-4H3,(H,24,25,29)/t14-/m1/s1. The maximum absolute atomic E-state index is 14.7. The van der Waals surface area contributed by atoms with Crippen molar-refractivity contribution in [2.75, 3.05) is 19.0 Å². The van der Waals surface area contributed by atoms with Crippen LogP contribution >= 0.6 is 0 Å². The molecule has 0 unspecified atom stereocenters. The van der Waals surface area contributed by atoms with Crippen LogP contribution in [0.2, 0.25) is 0 Å². The fourth-order valence-corrected chi connectivity index (χ4v) is 3.22. The highest BCUT2D eigenvalue weighted by Crippen LogP contribution is 2.33. The van der Waals surface area contributed by atoms with E-state index in [1.807, 2.05) is 0 Å². The molecule has 156 valence electrons. The van der Waals surface area contributed by atoms with E-state index in [0.29, 0.717) is 13.3 Å². The Bertz CT molecular complexity index is 1100. The minimum atomic E-state index is -3.18. The molecule has 0 spiro atoms. The SMILES string of the molecule is CC[C@H](c1ccc(C(C)(F)F)cc1F)n1nc(CF)c2c(=O)[nH]c(N(C)C)nc21. The number of anilines is 1. The molecule has 0 fully saturated rings. The predicted octanol–water partition coefficient (Wildman–Crippen LogP) is 3.91. The van der Waals surface area contributed by atoms with Crippen molar-refractivity contribution in [3.8, 4) is 0 Å². The van der Waals surface area contributed by atoms with Gasteiger partial charge in [0.15, 0.2) is 5.65 Å². The third-order valence-electron chi connectivity index (χ3n) is 4.72. The van der Waals surface area contributed by atoms with Crippen LogP contribution in [0.25, 0.3) is 11.0 Å². The van der Waals surface area contributed by atoms with Crippen LogP contribution < -0.4 is 10.5 Å². The molecule has 10 heteroatoms. The lowest BCUT2D eigenvalue weighted by molar-refractivity contribution is 0.0171. The highest BCUT2D eigenvalue weighted by atomic mass is 19.3. The summed E-state index contributed by atoms with van der Waals surface area (Å²) in [5, 5.41) is 4.14. The molecule has 29 heavy (non-hydrogen) atoms. The number of H-pyrrole nitrogens is 1. The first-order valence-corrected chi connectivity index (χ1v) is 9.00. The summed E-state index contributed by atoms with van der Waals surface area (Å²) in [5.74, 6) is -3.79. The fraction of sp³-hybridized carbons (Fsp3) is 0.421. The molecule has 6 nitrogen and oxygen atoms in total. The molecule has 1 atom stereocenters. The minimum absolute atomic E-state index is 0.0198. The van der Waals surface area contributed by atoms with Crippen molar-refractivity contribution in [3.05, 3.63) is 51.2 Å². The van der Waals surface area contributed by atoms with Crippen LogP contribution in [-0.4, -0.2) is 33.8 Å². The Balaban J connectivity index is 2.24. The van der Waals surface area contributed by atoms with Gasteiger partial charge in [-0.2, -0.15) is 10.1 Å². The summed E-state index contributed by atoms with van der Waals surface area (Å²) in [6.07, 6.45) is 0.313. The van der Waals surface area contributed by atoms with Crippen molar-refractivity contribution in [1.82, 2.24) is 19.7 Å². The van der Waals surface area contributed by atoms with Crippen molar-refractivity contribution in [1.29, 1.82) is 0 Å². The van der Waals surface area contributed by atoms with Gasteiger partial charge in [0.25, 0.3) is 11.5 Å². The summed E-state index contributed by atoms with van der Waals surface area (Å²) in [5.41, 5.74) is -0.929. The van der Waals surface area contributed by atoms with Gasteiger partial charge >= 0.3 is 0 Å². The van der Waals surface area contributed by atoms with E-state index in [1.165, 1.54) is 10.7 Å². The van der Waals surface area contributed by atoms with Gasteiger partial charge in [-0.05, 0) is 12.5 Å². The first-order chi connectivity index (χ1) is 13.6. The maximum Gasteiger partial charge on any atom is 0.270 e. The molecule has 2 heterocycles. The fourth-order valence-electron chi connectivity index (χ4n) is 3.22. The maximum atomic E-state index is 14.7. The summed E-state index contributed by atoms with van der Waals surface area (Å²) in [6.45, 7) is 1.43. The Kier molecular flexibility index (Phi) is 5.38. The van der Waals surface area contributed by atoms with Gasteiger partial charge in [-0.25, -0.2) is 22.2 Å². The van der Waals surface area contributed by atoms with Crippen molar-refractivity contribution in [3.63, 3.8) is 0 Å². The highest BCUT2D eigenvalue weighted by Gasteiger charge is 2.28. The zero-order valence-electron chi connectivity index (χ0n) is 16.4. The monoisotopic (exact) mass is 411 g/mol. The Labute approximate surface area is 164 Å². The molecule has 0 radical (unpaired) electrons. The number of hydrogen-bond donors (Lipinski definition) is 1. The molecule has 0 saturated heterocycles. The number of alkyl halides is 3. The molecule has 0 bridgehead atoms. The normalized spacial score (nSPS) is 13.1. The first-order valence-electron chi connectivity index (χ1n) is 9.00. The number of fused-ring (bicyclic) bond motifs is 1. The van der Waals surface area contributed by atoms with E-state index in [9.17, 15) is 22.4 Å². The lowest BCUT2D eigenvalue weighted by Gasteiger charge is -2.20. The molecule has 0 aliphatic heterocycles. The second kappa shape index (κ2) is 7.49. The van der Waals surface area contributed by atoms with Crippen LogP contribution in [0.4, 0.5) is 23.5 Å². The summed E-state index contributed by atoms with van der Waals surface area (Å²) < 4.78 is 56.6. The van der Waals surface area contributed by atoms with E-state index in [4.69, 9.17) is 0 Å². The quantitative estimate of drug-likeness (QED) is 0.625. The molecule has 0 aliphatic rings. The van der Waals surface area contributed by atoms with Crippen LogP contribution in [0.15, 0.2) is 23.0 Å². The second-order valence-corrected chi connectivity index (χ2v) is 7.06. The number of halogens is 4. The largest absolute Gasteiger partial charge is 0.348 e. The van der Waals surface area contributed by atoms with Gasteiger partial charge in [-0.3, -0.25) is 9.78 Å².